The maximum absolute atomic E-state index is 14.3. The second kappa shape index (κ2) is 7.25. The van der Waals surface area contributed by atoms with Gasteiger partial charge in [0.05, 0.1) is 0 Å². The molecule has 0 aliphatic rings. The van der Waals surface area contributed by atoms with E-state index in [0.717, 1.165) is 4.57 Å². The van der Waals surface area contributed by atoms with Gasteiger partial charge in [0, 0.05) is 30.3 Å². The average Bonchev–Trinajstić information content (AvgIpc) is 3.04. The van der Waals surface area contributed by atoms with Crippen LogP contribution >= 0.6 is 11.6 Å². The minimum Gasteiger partial charge on any atom is -0.337 e. The predicted octanol–water partition coefficient (Wildman–Crippen LogP) is 2.19. The Bertz CT molecular complexity index is 1040. The van der Waals surface area contributed by atoms with Crippen molar-refractivity contribution in [3.8, 4) is 0 Å². The first-order chi connectivity index (χ1) is 12.3. The molecule has 7 nitrogen and oxygen atoms in total. The fourth-order valence-corrected chi connectivity index (χ4v) is 2.57. The number of alkyl halides is 1. The number of benzene rings is 1. The molecule has 1 aromatic carbocycles. The Morgan fingerprint density at radius 2 is 1.96 bits per heavy atom. The van der Waals surface area contributed by atoms with E-state index < -0.39 is 17.4 Å². The van der Waals surface area contributed by atoms with Gasteiger partial charge in [-0.3, -0.25) is 9.36 Å². The Labute approximate surface area is 152 Å². The van der Waals surface area contributed by atoms with E-state index in [1.54, 1.807) is 38.2 Å². The Hall–Kier alpha value is -2.74. The Morgan fingerprint density at radius 1 is 1.27 bits per heavy atom. The molecule has 0 unspecified atom stereocenters. The summed E-state index contributed by atoms with van der Waals surface area (Å²) >= 11 is 5.79. The molecule has 2 heterocycles. The van der Waals surface area contributed by atoms with E-state index in [9.17, 15) is 14.0 Å². The van der Waals surface area contributed by atoms with Crippen LogP contribution in [0.3, 0.4) is 0 Å². The molecule has 0 spiro atoms. The van der Waals surface area contributed by atoms with Gasteiger partial charge < -0.3 is 9.09 Å². The van der Waals surface area contributed by atoms with Gasteiger partial charge in [-0.2, -0.15) is 4.98 Å². The molecule has 0 aliphatic heterocycles. The van der Waals surface area contributed by atoms with Crippen molar-refractivity contribution in [3.63, 3.8) is 0 Å². The summed E-state index contributed by atoms with van der Waals surface area (Å²) in [5.41, 5.74) is 0.0456. The van der Waals surface area contributed by atoms with Crippen molar-refractivity contribution in [2.24, 2.45) is 7.05 Å². The number of hydrogen-bond acceptors (Lipinski definition) is 5. The number of hydrogen-bond donors (Lipinski definition) is 0. The van der Waals surface area contributed by atoms with E-state index in [1.807, 2.05) is 0 Å². The van der Waals surface area contributed by atoms with Crippen LogP contribution in [-0.4, -0.2) is 19.3 Å². The molecule has 0 saturated carbocycles. The van der Waals surface area contributed by atoms with Crippen LogP contribution in [0.15, 0.2) is 44.4 Å². The molecule has 9 heteroatoms. The molecule has 0 bridgehead atoms. The van der Waals surface area contributed by atoms with E-state index in [-0.39, 0.29) is 24.7 Å². The molecular weight excluding hydrogens is 363 g/mol. The van der Waals surface area contributed by atoms with Gasteiger partial charge in [0.15, 0.2) is 5.82 Å². The number of halogens is 2. The molecule has 0 aliphatic carbocycles. The van der Waals surface area contributed by atoms with Crippen molar-refractivity contribution >= 4 is 11.6 Å². The minimum atomic E-state index is -1.33. The van der Waals surface area contributed by atoms with Gasteiger partial charge >= 0.3 is 5.69 Å². The van der Waals surface area contributed by atoms with Crippen LogP contribution in [-0.2, 0) is 20.0 Å². The molecule has 136 valence electrons. The first kappa shape index (κ1) is 18.1. The molecule has 0 saturated heterocycles. The third kappa shape index (κ3) is 3.75. The highest BCUT2D eigenvalue weighted by Gasteiger charge is 2.17. The normalized spacial score (nSPS) is 12.3. The first-order valence-electron chi connectivity index (χ1n) is 7.83. The van der Waals surface area contributed by atoms with Crippen molar-refractivity contribution in [3.05, 3.63) is 79.2 Å². The third-order valence-corrected chi connectivity index (χ3v) is 4.29. The molecule has 1 atom stereocenters. The zero-order valence-electron chi connectivity index (χ0n) is 14.1. The molecule has 3 rings (SSSR count). The summed E-state index contributed by atoms with van der Waals surface area (Å²) in [6.07, 6.45) is -1.42. The predicted molar refractivity (Wildman–Crippen MR) is 93.1 cm³/mol. The van der Waals surface area contributed by atoms with Crippen molar-refractivity contribution in [2.75, 3.05) is 0 Å². The quantitative estimate of drug-likeness (QED) is 0.679. The maximum Gasteiger partial charge on any atom is 0.331 e. The van der Waals surface area contributed by atoms with E-state index >= 15 is 0 Å². The summed E-state index contributed by atoms with van der Waals surface area (Å²) < 4.78 is 21.7. The van der Waals surface area contributed by atoms with Gasteiger partial charge in [-0.15, -0.1) is 0 Å². The van der Waals surface area contributed by atoms with Crippen LogP contribution < -0.4 is 11.2 Å². The summed E-state index contributed by atoms with van der Waals surface area (Å²) in [5.74, 6) is 0.214. The lowest BCUT2D eigenvalue weighted by Crippen LogP contribution is -2.39. The number of aromatic nitrogens is 4. The molecular formula is C17H16ClFN4O3. The van der Waals surface area contributed by atoms with Crippen LogP contribution in [0, 0.1) is 6.92 Å². The zero-order valence-corrected chi connectivity index (χ0v) is 14.9. The van der Waals surface area contributed by atoms with Crippen LogP contribution in [0.5, 0.6) is 0 Å². The summed E-state index contributed by atoms with van der Waals surface area (Å²) in [4.78, 5) is 28.3. The lowest BCUT2D eigenvalue weighted by molar-refractivity contribution is 0.324. The van der Waals surface area contributed by atoms with E-state index in [0.29, 0.717) is 16.3 Å². The van der Waals surface area contributed by atoms with Gasteiger partial charge in [0.2, 0.25) is 5.89 Å². The second-order valence-electron chi connectivity index (χ2n) is 5.88. The van der Waals surface area contributed by atoms with Gasteiger partial charge in [-0.25, -0.2) is 9.18 Å². The fraction of sp³-hybridized carbons (Fsp3) is 0.294. The standard InChI is InChI=1S/C17H16ClFN4O3/c1-10-7-16(24)23(17(25)22(10)2)9-15-20-14(21-26-15)8-13(19)11-3-5-12(18)6-4-11/h3-7,13H,8-9H2,1-2H3/t13-/m0/s1. The van der Waals surface area contributed by atoms with Gasteiger partial charge in [-0.05, 0) is 24.6 Å². The van der Waals surface area contributed by atoms with Crippen LogP contribution in [0.2, 0.25) is 5.02 Å². The fourth-order valence-electron chi connectivity index (χ4n) is 2.45. The zero-order chi connectivity index (χ0) is 18.8. The van der Waals surface area contributed by atoms with Crippen molar-refractivity contribution in [1.82, 2.24) is 19.3 Å². The third-order valence-electron chi connectivity index (χ3n) is 4.04. The molecule has 26 heavy (non-hydrogen) atoms. The summed E-state index contributed by atoms with van der Waals surface area (Å²) in [6.45, 7) is 1.49. The largest absolute Gasteiger partial charge is 0.337 e. The SMILES string of the molecule is Cc1cc(=O)n(Cc2nc(C[C@H](F)c3ccc(Cl)cc3)no2)c(=O)n1C. The minimum absolute atomic E-state index is 0.0614. The Kier molecular flexibility index (Phi) is 5.03. The van der Waals surface area contributed by atoms with Gasteiger partial charge in [0.25, 0.3) is 5.56 Å². The summed E-state index contributed by atoms with van der Waals surface area (Å²) in [7, 11) is 1.56. The highest BCUT2D eigenvalue weighted by atomic mass is 35.5. The van der Waals surface area contributed by atoms with Crippen LogP contribution in [0.25, 0.3) is 0 Å². The molecule has 3 aromatic rings. The van der Waals surface area contributed by atoms with E-state index in [1.165, 1.54) is 10.6 Å². The summed E-state index contributed by atoms with van der Waals surface area (Å²) in [6, 6.07) is 7.72. The van der Waals surface area contributed by atoms with Gasteiger partial charge in [-0.1, -0.05) is 28.9 Å². The molecule has 0 radical (unpaired) electrons. The summed E-state index contributed by atoms with van der Waals surface area (Å²) in [5, 5.41) is 4.24. The number of rotatable bonds is 5. The number of nitrogens with zero attached hydrogens (tertiary/aromatic N) is 4. The molecule has 0 fully saturated rings. The monoisotopic (exact) mass is 378 g/mol. The van der Waals surface area contributed by atoms with E-state index in [2.05, 4.69) is 10.1 Å². The van der Waals surface area contributed by atoms with Gasteiger partial charge in [0.1, 0.15) is 12.7 Å². The topological polar surface area (TPSA) is 82.9 Å². The second-order valence-corrected chi connectivity index (χ2v) is 6.32. The highest BCUT2D eigenvalue weighted by molar-refractivity contribution is 6.30. The molecule has 0 N–H and O–H groups in total. The Balaban J connectivity index is 1.77. The van der Waals surface area contributed by atoms with Crippen LogP contribution in [0.1, 0.15) is 29.1 Å². The molecule has 2 aromatic heterocycles. The van der Waals surface area contributed by atoms with Crippen molar-refractivity contribution in [1.29, 1.82) is 0 Å². The lowest BCUT2D eigenvalue weighted by atomic mass is 10.1. The number of aryl methyl sites for hydroxylation is 1. The van der Waals surface area contributed by atoms with Crippen LogP contribution in [0.4, 0.5) is 4.39 Å². The maximum atomic E-state index is 14.3. The van der Waals surface area contributed by atoms with E-state index in [4.69, 9.17) is 16.1 Å². The lowest BCUT2D eigenvalue weighted by Gasteiger charge is -2.06. The Morgan fingerprint density at radius 3 is 2.65 bits per heavy atom. The van der Waals surface area contributed by atoms with Crippen molar-refractivity contribution in [2.45, 2.75) is 26.1 Å². The highest BCUT2D eigenvalue weighted by Crippen LogP contribution is 2.22. The van der Waals surface area contributed by atoms with Crippen molar-refractivity contribution < 1.29 is 8.91 Å². The smallest absolute Gasteiger partial charge is 0.331 e. The average molecular weight is 379 g/mol. The molecule has 0 amide bonds. The first-order valence-corrected chi connectivity index (χ1v) is 8.21.